The van der Waals surface area contributed by atoms with Crippen LogP contribution in [0.3, 0.4) is 0 Å². The molecule has 0 saturated heterocycles. The van der Waals surface area contributed by atoms with Gasteiger partial charge in [-0.1, -0.05) is 26.0 Å². The van der Waals surface area contributed by atoms with Gasteiger partial charge in [-0.3, -0.25) is 19.7 Å². The van der Waals surface area contributed by atoms with Gasteiger partial charge in [0.25, 0.3) is 11.6 Å². The normalized spacial score (nSPS) is 10.6. The van der Waals surface area contributed by atoms with Gasteiger partial charge in [-0.2, -0.15) is 0 Å². The molecule has 0 bridgehead atoms. The fourth-order valence-electron chi connectivity index (χ4n) is 2.87. The zero-order valence-corrected chi connectivity index (χ0v) is 18.5. The molecule has 0 saturated carbocycles. The van der Waals surface area contributed by atoms with Crippen molar-refractivity contribution in [1.29, 1.82) is 0 Å². The summed E-state index contributed by atoms with van der Waals surface area (Å²) in [5, 5.41) is 16.3. The molecule has 0 aliphatic carbocycles. The van der Waals surface area contributed by atoms with Crippen LogP contribution in [0.2, 0.25) is 0 Å². The first-order valence-electron chi connectivity index (χ1n) is 10.0. The van der Waals surface area contributed by atoms with Gasteiger partial charge in [-0.25, -0.2) is 0 Å². The standard InChI is InChI=1S/C24H23N3O4S/c1-16(2)17-3-7-19(8-4-17)25-23(28)15-32-22-13-9-20(10-14-22)26-24(29)18-5-11-21(12-6-18)27(30)31/h3-14,16H,15H2,1-2H3,(H,25,28)(H,26,29). The molecule has 3 aromatic rings. The van der Waals surface area contributed by atoms with E-state index >= 15 is 0 Å². The first kappa shape index (κ1) is 23.0. The van der Waals surface area contributed by atoms with Crippen molar-refractivity contribution in [2.75, 3.05) is 16.4 Å². The molecule has 2 N–H and O–H groups in total. The van der Waals surface area contributed by atoms with Crippen LogP contribution in [0, 0.1) is 10.1 Å². The van der Waals surface area contributed by atoms with E-state index in [1.807, 2.05) is 36.4 Å². The lowest BCUT2D eigenvalue weighted by Crippen LogP contribution is -2.14. The number of carbonyl (C=O) groups excluding carboxylic acids is 2. The van der Waals surface area contributed by atoms with Gasteiger partial charge in [0.1, 0.15) is 0 Å². The molecule has 0 aromatic heterocycles. The fourth-order valence-corrected chi connectivity index (χ4v) is 3.57. The number of nitro groups is 1. The summed E-state index contributed by atoms with van der Waals surface area (Å²) in [5.74, 6) is 0.253. The molecule has 0 atom stereocenters. The van der Waals surface area contributed by atoms with Crippen LogP contribution in [0.1, 0.15) is 35.7 Å². The summed E-state index contributed by atoms with van der Waals surface area (Å²) in [5.41, 5.74) is 2.83. The second kappa shape index (κ2) is 10.6. The van der Waals surface area contributed by atoms with Crippen molar-refractivity contribution in [1.82, 2.24) is 0 Å². The number of amides is 2. The van der Waals surface area contributed by atoms with Gasteiger partial charge in [-0.05, 0) is 60.0 Å². The van der Waals surface area contributed by atoms with Crippen LogP contribution in [-0.4, -0.2) is 22.5 Å². The lowest BCUT2D eigenvalue weighted by Gasteiger charge is -2.09. The molecule has 0 aliphatic heterocycles. The molecule has 3 aromatic carbocycles. The molecule has 0 fully saturated rings. The van der Waals surface area contributed by atoms with Gasteiger partial charge >= 0.3 is 0 Å². The summed E-state index contributed by atoms with van der Waals surface area (Å²) in [6.45, 7) is 4.24. The molecule has 7 nitrogen and oxygen atoms in total. The Bertz CT molecular complexity index is 1100. The molecule has 0 unspecified atom stereocenters. The van der Waals surface area contributed by atoms with Crippen molar-refractivity contribution in [3.63, 3.8) is 0 Å². The largest absolute Gasteiger partial charge is 0.325 e. The molecule has 8 heteroatoms. The van der Waals surface area contributed by atoms with Crippen LogP contribution < -0.4 is 10.6 Å². The third-order valence-electron chi connectivity index (χ3n) is 4.68. The fraction of sp³-hybridized carbons (Fsp3) is 0.167. The summed E-state index contributed by atoms with van der Waals surface area (Å²) >= 11 is 1.40. The average molecular weight is 450 g/mol. The van der Waals surface area contributed by atoms with Crippen LogP contribution in [0.25, 0.3) is 0 Å². The Morgan fingerprint density at radius 2 is 1.44 bits per heavy atom. The maximum absolute atomic E-state index is 12.3. The highest BCUT2D eigenvalue weighted by Gasteiger charge is 2.10. The molecule has 0 aliphatic rings. The first-order valence-corrected chi connectivity index (χ1v) is 11.0. The minimum atomic E-state index is -0.513. The van der Waals surface area contributed by atoms with E-state index in [9.17, 15) is 19.7 Å². The molecule has 3 rings (SSSR count). The number of hydrogen-bond donors (Lipinski definition) is 2. The van der Waals surface area contributed by atoms with Gasteiger partial charge in [-0.15, -0.1) is 11.8 Å². The highest BCUT2D eigenvalue weighted by molar-refractivity contribution is 8.00. The van der Waals surface area contributed by atoms with Crippen LogP contribution >= 0.6 is 11.8 Å². The number of hydrogen-bond acceptors (Lipinski definition) is 5. The average Bonchev–Trinajstić information content (AvgIpc) is 2.79. The Balaban J connectivity index is 1.49. The summed E-state index contributed by atoms with van der Waals surface area (Å²) in [6.07, 6.45) is 0. The van der Waals surface area contributed by atoms with Crippen molar-refractivity contribution in [3.05, 3.63) is 94.0 Å². The molecule has 0 radical (unpaired) electrons. The van der Waals surface area contributed by atoms with E-state index in [0.29, 0.717) is 17.2 Å². The van der Waals surface area contributed by atoms with Crippen molar-refractivity contribution in [2.45, 2.75) is 24.7 Å². The first-order chi connectivity index (χ1) is 15.3. The lowest BCUT2D eigenvalue weighted by atomic mass is 10.0. The van der Waals surface area contributed by atoms with E-state index < -0.39 is 4.92 Å². The van der Waals surface area contributed by atoms with Crippen molar-refractivity contribution >= 4 is 40.6 Å². The minimum Gasteiger partial charge on any atom is -0.325 e. The number of rotatable bonds is 8. The van der Waals surface area contributed by atoms with Crippen LogP contribution in [0.15, 0.2) is 77.7 Å². The maximum atomic E-state index is 12.3. The second-order valence-corrected chi connectivity index (χ2v) is 8.44. The Hall–Kier alpha value is -3.65. The SMILES string of the molecule is CC(C)c1ccc(NC(=O)CSc2ccc(NC(=O)c3ccc([N+](=O)[O-])cc3)cc2)cc1. The summed E-state index contributed by atoms with van der Waals surface area (Å²) in [7, 11) is 0. The number of nitro benzene ring substituents is 1. The summed E-state index contributed by atoms with van der Waals surface area (Å²) in [4.78, 5) is 35.6. The van der Waals surface area contributed by atoms with Crippen molar-refractivity contribution in [2.24, 2.45) is 0 Å². The van der Waals surface area contributed by atoms with Crippen molar-refractivity contribution in [3.8, 4) is 0 Å². The number of nitrogens with zero attached hydrogens (tertiary/aromatic N) is 1. The van der Waals surface area contributed by atoms with E-state index in [1.165, 1.54) is 41.6 Å². The minimum absolute atomic E-state index is 0.0699. The Morgan fingerprint density at radius 3 is 2.00 bits per heavy atom. The lowest BCUT2D eigenvalue weighted by molar-refractivity contribution is -0.384. The van der Waals surface area contributed by atoms with Crippen molar-refractivity contribution < 1.29 is 14.5 Å². The highest BCUT2D eigenvalue weighted by atomic mass is 32.2. The van der Waals surface area contributed by atoms with E-state index in [1.54, 1.807) is 12.1 Å². The molecule has 32 heavy (non-hydrogen) atoms. The van der Waals surface area contributed by atoms with E-state index in [0.717, 1.165) is 10.6 Å². The Kier molecular flexibility index (Phi) is 7.62. The van der Waals surface area contributed by atoms with E-state index in [-0.39, 0.29) is 23.3 Å². The predicted molar refractivity (Wildman–Crippen MR) is 127 cm³/mol. The van der Waals surface area contributed by atoms with Gasteiger partial charge < -0.3 is 10.6 Å². The van der Waals surface area contributed by atoms with E-state index in [2.05, 4.69) is 24.5 Å². The molecule has 2 amide bonds. The number of thioether (sulfide) groups is 1. The van der Waals surface area contributed by atoms with Crippen LogP contribution in [0.4, 0.5) is 17.1 Å². The highest BCUT2D eigenvalue weighted by Crippen LogP contribution is 2.22. The second-order valence-electron chi connectivity index (χ2n) is 7.40. The molecule has 164 valence electrons. The third kappa shape index (κ3) is 6.42. The summed E-state index contributed by atoms with van der Waals surface area (Å²) in [6, 6.07) is 20.4. The van der Waals surface area contributed by atoms with Crippen LogP contribution in [0.5, 0.6) is 0 Å². The number of non-ortho nitro benzene ring substituents is 1. The topological polar surface area (TPSA) is 101 Å². The van der Waals surface area contributed by atoms with Crippen LogP contribution in [-0.2, 0) is 4.79 Å². The quantitative estimate of drug-likeness (QED) is 0.261. The Labute approximate surface area is 190 Å². The number of anilines is 2. The monoisotopic (exact) mass is 449 g/mol. The molecule has 0 spiro atoms. The number of nitrogens with one attached hydrogen (secondary N) is 2. The van der Waals surface area contributed by atoms with Gasteiger partial charge in [0.2, 0.25) is 5.91 Å². The molecule has 0 heterocycles. The molecular weight excluding hydrogens is 426 g/mol. The Morgan fingerprint density at radius 1 is 0.875 bits per heavy atom. The predicted octanol–water partition coefficient (Wildman–Crippen LogP) is 5.70. The maximum Gasteiger partial charge on any atom is 0.269 e. The number of benzene rings is 3. The molecular formula is C24H23N3O4S. The van der Waals surface area contributed by atoms with Gasteiger partial charge in [0.05, 0.1) is 10.7 Å². The van der Waals surface area contributed by atoms with E-state index in [4.69, 9.17) is 0 Å². The van der Waals surface area contributed by atoms with Gasteiger partial charge in [0, 0.05) is 34.0 Å². The zero-order valence-electron chi connectivity index (χ0n) is 17.7. The third-order valence-corrected chi connectivity index (χ3v) is 5.70. The number of carbonyl (C=O) groups is 2. The van der Waals surface area contributed by atoms with Gasteiger partial charge in [0.15, 0.2) is 0 Å². The summed E-state index contributed by atoms with van der Waals surface area (Å²) < 4.78 is 0. The zero-order chi connectivity index (χ0) is 23.1. The smallest absolute Gasteiger partial charge is 0.269 e.